The van der Waals surface area contributed by atoms with Crippen LogP contribution in [-0.2, 0) is 0 Å². The van der Waals surface area contributed by atoms with E-state index >= 15 is 0 Å². The van der Waals surface area contributed by atoms with Crippen LogP contribution in [0, 0.1) is 0 Å². The van der Waals surface area contributed by atoms with Crippen molar-refractivity contribution < 1.29 is 0 Å². The lowest BCUT2D eigenvalue weighted by Crippen LogP contribution is -2.32. The second-order valence-corrected chi connectivity index (χ2v) is 4.64. The van der Waals surface area contributed by atoms with Crippen molar-refractivity contribution in [3.8, 4) is 0 Å². The molecular weight excluding hydrogens is 298 g/mol. The summed E-state index contributed by atoms with van der Waals surface area (Å²) in [5.74, 6) is 0. The van der Waals surface area contributed by atoms with Gasteiger partial charge in [0.15, 0.2) is 5.11 Å². The Labute approximate surface area is 115 Å². The van der Waals surface area contributed by atoms with Crippen LogP contribution in [0.1, 0.15) is 12.5 Å². The molecule has 1 aromatic carbocycles. The Morgan fingerprint density at radius 1 is 1.47 bits per heavy atom. The lowest BCUT2D eigenvalue weighted by Gasteiger charge is -2.06. The fourth-order valence-electron chi connectivity index (χ4n) is 1.09. The number of hydrogen-bond donors (Lipinski definition) is 2. The van der Waals surface area contributed by atoms with Crippen LogP contribution in [0.4, 0.5) is 0 Å². The minimum atomic E-state index is 0.487. The number of hydrazone groups is 1. The highest BCUT2D eigenvalue weighted by molar-refractivity contribution is 9.10. The SMILES string of the molecule is C=CCNC(=S)NN=C(C)c1ccc(Br)cc1. The molecule has 0 saturated carbocycles. The van der Waals surface area contributed by atoms with Gasteiger partial charge < -0.3 is 5.32 Å². The van der Waals surface area contributed by atoms with E-state index in [0.29, 0.717) is 11.7 Å². The lowest BCUT2D eigenvalue weighted by atomic mass is 10.1. The molecule has 17 heavy (non-hydrogen) atoms. The molecule has 0 atom stereocenters. The van der Waals surface area contributed by atoms with E-state index in [0.717, 1.165) is 15.7 Å². The van der Waals surface area contributed by atoms with E-state index in [1.54, 1.807) is 6.08 Å². The third-order valence-electron chi connectivity index (χ3n) is 1.99. The molecule has 0 unspecified atom stereocenters. The fraction of sp³-hybridized carbons (Fsp3) is 0.167. The smallest absolute Gasteiger partial charge is 0.187 e. The van der Waals surface area contributed by atoms with Crippen LogP contribution in [0.2, 0.25) is 0 Å². The molecule has 0 aliphatic heterocycles. The van der Waals surface area contributed by atoms with Crippen molar-refractivity contribution in [1.29, 1.82) is 0 Å². The molecule has 3 nitrogen and oxygen atoms in total. The first kappa shape index (κ1) is 13.9. The number of nitrogens with zero attached hydrogens (tertiary/aromatic N) is 1. The largest absolute Gasteiger partial charge is 0.358 e. The molecule has 5 heteroatoms. The maximum absolute atomic E-state index is 5.02. The van der Waals surface area contributed by atoms with Gasteiger partial charge in [-0.15, -0.1) is 6.58 Å². The third-order valence-corrected chi connectivity index (χ3v) is 2.76. The second-order valence-electron chi connectivity index (χ2n) is 3.31. The molecule has 1 rings (SSSR count). The first-order valence-electron chi connectivity index (χ1n) is 5.08. The van der Waals surface area contributed by atoms with Gasteiger partial charge in [-0.25, -0.2) is 0 Å². The van der Waals surface area contributed by atoms with E-state index in [1.807, 2.05) is 31.2 Å². The number of hydrogen-bond acceptors (Lipinski definition) is 2. The van der Waals surface area contributed by atoms with Crippen molar-refractivity contribution in [2.45, 2.75) is 6.92 Å². The Balaban J connectivity index is 2.57. The molecule has 0 aromatic heterocycles. The van der Waals surface area contributed by atoms with Gasteiger partial charge in [0.2, 0.25) is 0 Å². The fourth-order valence-corrected chi connectivity index (χ4v) is 1.49. The Hall–Kier alpha value is -1.20. The average molecular weight is 312 g/mol. The molecule has 90 valence electrons. The minimum Gasteiger partial charge on any atom is -0.358 e. The molecule has 0 amide bonds. The molecule has 0 spiro atoms. The Morgan fingerprint density at radius 2 is 2.12 bits per heavy atom. The van der Waals surface area contributed by atoms with Crippen LogP contribution in [0.3, 0.4) is 0 Å². The average Bonchev–Trinajstić information content (AvgIpc) is 2.34. The molecule has 0 aliphatic carbocycles. The van der Waals surface area contributed by atoms with Gasteiger partial charge in [0.25, 0.3) is 0 Å². The highest BCUT2D eigenvalue weighted by Crippen LogP contribution is 2.10. The summed E-state index contributed by atoms with van der Waals surface area (Å²) in [5, 5.41) is 7.61. The molecule has 0 heterocycles. The topological polar surface area (TPSA) is 36.4 Å². The monoisotopic (exact) mass is 311 g/mol. The Bertz CT molecular complexity index is 426. The highest BCUT2D eigenvalue weighted by atomic mass is 79.9. The molecule has 0 aliphatic rings. The zero-order valence-corrected chi connectivity index (χ0v) is 11.9. The summed E-state index contributed by atoms with van der Waals surface area (Å²) in [7, 11) is 0. The summed E-state index contributed by atoms with van der Waals surface area (Å²) < 4.78 is 1.05. The van der Waals surface area contributed by atoms with Crippen LogP contribution in [-0.4, -0.2) is 17.4 Å². The van der Waals surface area contributed by atoms with Crippen LogP contribution >= 0.6 is 28.1 Å². The Morgan fingerprint density at radius 3 is 2.71 bits per heavy atom. The maximum atomic E-state index is 5.02. The predicted octanol–water partition coefficient (Wildman–Crippen LogP) is 2.82. The van der Waals surface area contributed by atoms with E-state index < -0.39 is 0 Å². The highest BCUT2D eigenvalue weighted by Gasteiger charge is 1.97. The van der Waals surface area contributed by atoms with Crippen molar-refractivity contribution in [1.82, 2.24) is 10.7 Å². The molecule has 2 N–H and O–H groups in total. The predicted molar refractivity (Wildman–Crippen MR) is 80.3 cm³/mol. The number of benzene rings is 1. The van der Waals surface area contributed by atoms with Gasteiger partial charge in [-0.1, -0.05) is 34.1 Å². The molecule has 0 radical (unpaired) electrons. The quantitative estimate of drug-likeness (QED) is 0.388. The van der Waals surface area contributed by atoms with Crippen LogP contribution < -0.4 is 10.7 Å². The van der Waals surface area contributed by atoms with Gasteiger partial charge in [-0.2, -0.15) is 5.10 Å². The third kappa shape index (κ3) is 5.10. The number of rotatable bonds is 4. The summed E-state index contributed by atoms with van der Waals surface area (Å²) in [6.07, 6.45) is 1.74. The molecule has 0 bridgehead atoms. The number of halogens is 1. The summed E-state index contributed by atoms with van der Waals surface area (Å²) in [4.78, 5) is 0. The van der Waals surface area contributed by atoms with Crippen LogP contribution in [0.25, 0.3) is 0 Å². The molecular formula is C12H14BrN3S. The first-order valence-corrected chi connectivity index (χ1v) is 6.28. The second kappa shape index (κ2) is 7.19. The molecule has 1 aromatic rings. The minimum absolute atomic E-state index is 0.487. The molecule has 0 saturated heterocycles. The van der Waals surface area contributed by atoms with E-state index in [2.05, 4.69) is 38.4 Å². The van der Waals surface area contributed by atoms with Crippen molar-refractivity contribution in [3.05, 3.63) is 47.0 Å². The summed E-state index contributed by atoms with van der Waals surface area (Å²) in [6, 6.07) is 7.93. The summed E-state index contributed by atoms with van der Waals surface area (Å²) in [5.41, 5.74) is 4.70. The van der Waals surface area contributed by atoms with E-state index in [1.165, 1.54) is 0 Å². The van der Waals surface area contributed by atoms with E-state index in [-0.39, 0.29) is 0 Å². The van der Waals surface area contributed by atoms with Crippen molar-refractivity contribution in [3.63, 3.8) is 0 Å². The van der Waals surface area contributed by atoms with Gasteiger partial charge in [0, 0.05) is 11.0 Å². The van der Waals surface area contributed by atoms with E-state index in [9.17, 15) is 0 Å². The van der Waals surface area contributed by atoms with Gasteiger partial charge in [0.1, 0.15) is 0 Å². The Kier molecular flexibility index (Phi) is 5.86. The number of thiocarbonyl (C=S) groups is 1. The lowest BCUT2D eigenvalue weighted by molar-refractivity contribution is 0.936. The standard InChI is InChI=1S/C12H14BrN3S/c1-3-8-14-12(17)16-15-9(2)10-4-6-11(13)7-5-10/h3-7H,1,8H2,2H3,(H2,14,16,17). The summed E-state index contributed by atoms with van der Waals surface area (Å²) in [6.45, 7) is 6.14. The van der Waals surface area contributed by atoms with Crippen molar-refractivity contribution in [2.24, 2.45) is 5.10 Å². The van der Waals surface area contributed by atoms with Gasteiger partial charge >= 0.3 is 0 Å². The molecule has 0 fully saturated rings. The van der Waals surface area contributed by atoms with Crippen molar-refractivity contribution >= 4 is 39.0 Å². The summed E-state index contributed by atoms with van der Waals surface area (Å²) >= 11 is 8.41. The van der Waals surface area contributed by atoms with Gasteiger partial charge in [-0.3, -0.25) is 5.43 Å². The number of nitrogens with one attached hydrogen (secondary N) is 2. The van der Waals surface area contributed by atoms with Crippen molar-refractivity contribution in [2.75, 3.05) is 6.54 Å². The first-order chi connectivity index (χ1) is 8.13. The normalized spacial score (nSPS) is 10.8. The van der Waals surface area contributed by atoms with Gasteiger partial charge in [-0.05, 0) is 36.8 Å². The maximum Gasteiger partial charge on any atom is 0.187 e. The zero-order valence-electron chi connectivity index (χ0n) is 9.53. The van der Waals surface area contributed by atoms with Crippen LogP contribution in [0.5, 0.6) is 0 Å². The zero-order chi connectivity index (χ0) is 12.7. The van der Waals surface area contributed by atoms with Crippen LogP contribution in [0.15, 0.2) is 46.5 Å². The van der Waals surface area contributed by atoms with E-state index in [4.69, 9.17) is 12.2 Å². The van der Waals surface area contributed by atoms with Gasteiger partial charge in [0.05, 0.1) is 5.71 Å².